The van der Waals surface area contributed by atoms with Gasteiger partial charge >= 0.3 is 14.5 Å². The van der Waals surface area contributed by atoms with Gasteiger partial charge in [0.25, 0.3) is 0 Å². The van der Waals surface area contributed by atoms with Crippen molar-refractivity contribution in [1.29, 1.82) is 2.86 Å². The summed E-state index contributed by atoms with van der Waals surface area (Å²) in [7, 11) is -2.67. The lowest BCUT2D eigenvalue weighted by Gasteiger charge is -2.17. The highest BCUT2D eigenvalue weighted by molar-refractivity contribution is 6.63. The molecule has 0 aromatic rings. The van der Waals surface area contributed by atoms with E-state index in [1.807, 2.05) is 0 Å². The summed E-state index contributed by atoms with van der Waals surface area (Å²) in [5, 5.41) is 0. The zero-order valence-electron chi connectivity index (χ0n) is 11.3. The zero-order chi connectivity index (χ0) is 12.8. The van der Waals surface area contributed by atoms with Crippen LogP contribution in [0.15, 0.2) is 0 Å². The molecule has 0 unspecified atom stereocenters. The van der Waals surface area contributed by atoms with Crippen LogP contribution in [0.1, 0.15) is 27.2 Å². The first-order valence-electron chi connectivity index (χ1n) is 5.53. The van der Waals surface area contributed by atoms with Crippen molar-refractivity contribution in [2.24, 2.45) is 5.41 Å². The highest BCUT2D eigenvalue weighted by atomic mass is 28.4. The third-order valence-electron chi connectivity index (χ3n) is 1.62. The van der Waals surface area contributed by atoms with E-state index in [1.165, 1.54) is 0 Å². The monoisotopic (exact) mass is 224 g/mol. The van der Waals surface area contributed by atoms with Gasteiger partial charge in [0.05, 0.1) is 12.0 Å². The van der Waals surface area contributed by atoms with Crippen LogP contribution in [0.25, 0.3) is 0 Å². The van der Waals surface area contributed by atoms with Gasteiger partial charge in [-0.1, -0.05) is 0 Å². The summed E-state index contributed by atoms with van der Waals surface area (Å²) in [4.78, 5) is 20.2. The molecule has 0 saturated carbocycles. The minimum Gasteiger partial charge on any atom is -0.465 e. The first-order chi connectivity index (χ1) is 7.25. The Morgan fingerprint density at radius 2 is 2.07 bits per heavy atom. The summed E-state index contributed by atoms with van der Waals surface area (Å²) >= 11 is 0. The molecule has 0 bridgehead atoms. The van der Waals surface area contributed by atoms with Crippen LogP contribution in [-0.2, 0) is 9.53 Å². The van der Waals surface area contributed by atoms with Gasteiger partial charge in [-0.25, -0.2) is 0 Å². The maximum Gasteiger partial charge on any atom is 0.329 e. The van der Waals surface area contributed by atoms with E-state index in [0.717, 1.165) is 0 Å². The third-order valence-corrected chi connectivity index (χ3v) is 2.88. The summed E-state index contributed by atoms with van der Waals surface area (Å²) in [6, 6.07) is 0.456. The van der Waals surface area contributed by atoms with E-state index in [-0.39, 0.29) is 12.6 Å². The van der Waals surface area contributed by atoms with E-state index in [0.29, 0.717) is 12.5 Å². The fraction of sp³-hybridized carbons (Fsp3) is 0.889. The van der Waals surface area contributed by atoms with Gasteiger partial charge in [0.1, 0.15) is 0 Å². The van der Waals surface area contributed by atoms with Gasteiger partial charge in [-0.05, 0) is 39.8 Å². The number of hydrogen-bond acceptors (Lipinski definition) is 4. The molecule has 0 aliphatic rings. The second kappa shape index (κ2) is 4.91. The molecule has 0 aliphatic heterocycles. The molecule has 0 rings (SSSR count). The van der Waals surface area contributed by atoms with Crippen LogP contribution in [0.3, 0.4) is 0 Å². The summed E-state index contributed by atoms with van der Waals surface area (Å²) < 4.78 is 18.6. The van der Waals surface area contributed by atoms with Crippen molar-refractivity contribution >= 4 is 14.5 Å². The van der Waals surface area contributed by atoms with E-state index in [2.05, 4.69) is 9.60 Å². The number of rotatable bonds is 6. The van der Waals surface area contributed by atoms with E-state index >= 15 is 0 Å². The lowest BCUT2D eigenvalue weighted by Crippen LogP contribution is -2.30. The molecule has 0 fully saturated rings. The minimum absolute atomic E-state index is 0.255. The first-order valence-corrected chi connectivity index (χ1v) is 7.23. The molecule has 0 aromatic heterocycles. The van der Waals surface area contributed by atoms with Gasteiger partial charge in [0.2, 0.25) is 0 Å². The predicted octanol–water partition coefficient (Wildman–Crippen LogP) is 1.02. The van der Waals surface area contributed by atoms with Gasteiger partial charge in [-0.2, -0.15) is 0 Å². The van der Waals surface area contributed by atoms with Crippen molar-refractivity contribution in [1.82, 2.24) is 0 Å². The van der Waals surface area contributed by atoms with Crippen LogP contribution in [0.2, 0.25) is 12.6 Å². The molecule has 0 spiro atoms. The van der Waals surface area contributed by atoms with Gasteiger partial charge < -0.3 is 14.3 Å². The Kier molecular flexibility index (Phi) is 3.55. The van der Waals surface area contributed by atoms with Crippen molar-refractivity contribution in [2.75, 3.05) is 6.61 Å². The minimum atomic E-state index is -2.67. The highest BCUT2D eigenvalue weighted by Gasteiger charge is 2.24. The molecule has 0 aliphatic carbocycles. The first kappa shape index (κ1) is 10.1. The average Bonchev–Trinajstić information content (AvgIpc) is 2.22. The summed E-state index contributed by atoms with van der Waals surface area (Å²) in [5.41, 5.74) is -0.501. The number of ether oxygens (including phenoxy) is 1. The van der Waals surface area contributed by atoms with Crippen molar-refractivity contribution < 1.29 is 19.1 Å². The molecule has 84 valence electrons. The predicted molar refractivity (Wildman–Crippen MR) is 55.9 cm³/mol. The third kappa shape index (κ3) is 7.05. The number of esters is 1. The van der Waals surface area contributed by atoms with Crippen LogP contribution in [0.4, 0.5) is 0 Å². The van der Waals surface area contributed by atoms with Crippen molar-refractivity contribution in [3.63, 3.8) is 0 Å². The average molecular weight is 224 g/mol. The van der Waals surface area contributed by atoms with Crippen molar-refractivity contribution in [3.8, 4) is 0 Å². The number of carbonyl (C=O) groups is 1. The Labute approximate surface area is 89.1 Å². The molecular weight excluding hydrogens is 200 g/mol. The molecule has 0 amide bonds. The maximum absolute atomic E-state index is 11.4. The normalized spacial score (nSPS) is 14.6. The molecule has 0 heterocycles. The van der Waals surface area contributed by atoms with Crippen LogP contribution in [0.5, 0.6) is 0 Å². The smallest absolute Gasteiger partial charge is 0.329 e. The second-order valence-electron chi connectivity index (χ2n) is 4.62. The summed E-state index contributed by atoms with van der Waals surface area (Å²) in [5.74, 6) is -0.255. The van der Waals surface area contributed by atoms with Gasteiger partial charge in [-0.15, -0.1) is 0 Å². The standard InChI is InChI=1S/C9H20O4Si/c1-9(2,3)8(10)13-6-5-7-14(4,11)12/h11-12H,5-7H2,1-4H3/i11T,12T. The molecule has 0 saturated heterocycles. The zero-order valence-corrected chi connectivity index (χ0v) is 10.3. The van der Waals surface area contributed by atoms with E-state index < -0.39 is 14.0 Å². The highest BCUT2D eigenvalue weighted by Crippen LogP contribution is 2.15. The topological polar surface area (TPSA) is 66.8 Å². The Morgan fingerprint density at radius 1 is 1.50 bits per heavy atom. The van der Waals surface area contributed by atoms with Crippen LogP contribution < -0.4 is 0 Å². The number of hydrogen-bond donors (Lipinski definition) is 2. The lowest BCUT2D eigenvalue weighted by atomic mass is 9.97. The molecule has 4 nitrogen and oxygen atoms in total. The molecular formula is C9H20O4Si. The lowest BCUT2D eigenvalue weighted by molar-refractivity contribution is -0.152. The molecule has 14 heavy (non-hydrogen) atoms. The van der Waals surface area contributed by atoms with Gasteiger partial charge in [-0.3, -0.25) is 4.79 Å². The Hall–Kier alpha value is -0.393. The van der Waals surface area contributed by atoms with Crippen molar-refractivity contribution in [3.05, 3.63) is 0 Å². The quantitative estimate of drug-likeness (QED) is 0.401. The maximum atomic E-state index is 11.4. The molecule has 0 atom stereocenters. The van der Waals surface area contributed by atoms with Crippen LogP contribution in [0, 0.1) is 5.41 Å². The molecule has 0 radical (unpaired) electrons. The largest absolute Gasteiger partial charge is 0.465 e. The van der Waals surface area contributed by atoms with E-state index in [9.17, 15) is 4.79 Å². The Morgan fingerprint density at radius 3 is 2.50 bits per heavy atom. The Bertz CT molecular complexity index is 226. The van der Waals surface area contributed by atoms with Crippen molar-refractivity contribution in [2.45, 2.75) is 39.8 Å². The van der Waals surface area contributed by atoms with Gasteiger partial charge in [0.15, 0.2) is 2.86 Å². The van der Waals surface area contributed by atoms with E-state index in [1.54, 1.807) is 27.3 Å². The molecule has 2 N–H and O–H groups in total. The van der Waals surface area contributed by atoms with Crippen LogP contribution in [-0.4, -0.2) is 33.6 Å². The fourth-order valence-corrected chi connectivity index (χ4v) is 1.56. The summed E-state index contributed by atoms with van der Waals surface area (Å²) in [6.45, 7) is 7.25. The van der Waals surface area contributed by atoms with E-state index in [4.69, 9.17) is 7.60 Å². The van der Waals surface area contributed by atoms with Gasteiger partial charge in [0, 0.05) is 0 Å². The fourth-order valence-electron chi connectivity index (χ4n) is 0.775. The number of carbonyl (C=O) groups excluding carboxylic acids is 1. The summed E-state index contributed by atoms with van der Waals surface area (Å²) in [6.07, 6.45) is 0.544. The SMILES string of the molecule is [3H]O[Si](C)(CCCOC(=O)C(C)(C)C)O[3H]. The van der Waals surface area contributed by atoms with Crippen LogP contribution >= 0.6 is 0 Å². The molecule has 0 aromatic carbocycles. The Balaban J connectivity index is 3.81. The second-order valence-corrected chi connectivity index (χ2v) is 7.39. The molecule has 5 heteroatoms.